The third-order valence-electron chi connectivity index (χ3n) is 5.09. The second-order valence-corrected chi connectivity index (χ2v) is 7.91. The number of carbonyl (C=O) groups excluding carboxylic acids is 4. The van der Waals surface area contributed by atoms with Crippen LogP contribution < -0.4 is 10.6 Å². The number of nitrogens with one attached hydrogen (secondary N) is 2. The van der Waals surface area contributed by atoms with E-state index in [0.29, 0.717) is 12.0 Å². The highest BCUT2D eigenvalue weighted by molar-refractivity contribution is 6.04. The van der Waals surface area contributed by atoms with Gasteiger partial charge < -0.3 is 25.5 Å². The van der Waals surface area contributed by atoms with Crippen molar-refractivity contribution >= 4 is 29.7 Å². The first kappa shape index (κ1) is 24.1. The first-order valence-corrected chi connectivity index (χ1v) is 10.1. The number of hydrogen-bond donors (Lipinski definition) is 3. The van der Waals surface area contributed by atoms with Crippen molar-refractivity contribution in [3.63, 3.8) is 0 Å². The summed E-state index contributed by atoms with van der Waals surface area (Å²) < 4.78 is 0. The van der Waals surface area contributed by atoms with Crippen LogP contribution in [0.5, 0.6) is 0 Å². The Labute approximate surface area is 182 Å². The number of hydrogen-bond acceptors (Lipinski definition) is 5. The largest absolute Gasteiger partial charge is 0.394 e. The fourth-order valence-corrected chi connectivity index (χ4v) is 3.26. The Morgan fingerprint density at radius 3 is 2.35 bits per heavy atom. The zero-order chi connectivity index (χ0) is 23.1. The van der Waals surface area contributed by atoms with Crippen molar-refractivity contribution in [2.24, 2.45) is 5.92 Å². The summed E-state index contributed by atoms with van der Waals surface area (Å²) in [5, 5.41) is 14.8. The summed E-state index contributed by atoms with van der Waals surface area (Å²) in [4.78, 5) is 53.7. The van der Waals surface area contributed by atoms with Crippen LogP contribution in [0.15, 0.2) is 36.0 Å². The zero-order valence-corrected chi connectivity index (χ0v) is 18.3. The van der Waals surface area contributed by atoms with E-state index in [2.05, 4.69) is 10.6 Å². The maximum Gasteiger partial charge on any atom is 0.268 e. The van der Waals surface area contributed by atoms with Gasteiger partial charge >= 0.3 is 0 Å². The molecule has 9 nitrogen and oxygen atoms in total. The Balaban J connectivity index is 2.51. The van der Waals surface area contributed by atoms with Gasteiger partial charge in [-0.15, -0.1) is 0 Å². The number of rotatable bonds is 4. The standard InChI is InChI=1S/C22H30N4O5/c1-14(2)10-16-22(31)26(4)17(11-15-8-6-5-7-9-15)20(29)23-12-19(28)25(3)18(13-27)21(30)24-16/h5-9,11,14,16,18,27H,10,12-13H2,1-4H3,(H,23,29)(H,24,30)/b17-11-/t16-,18-/m0/s1. The van der Waals surface area contributed by atoms with Gasteiger partial charge in [0.25, 0.3) is 5.91 Å². The molecule has 0 unspecified atom stereocenters. The maximum atomic E-state index is 13.3. The number of carbonyl (C=O) groups is 4. The highest BCUT2D eigenvalue weighted by Gasteiger charge is 2.34. The van der Waals surface area contributed by atoms with Crippen LogP contribution >= 0.6 is 0 Å². The minimum absolute atomic E-state index is 0.0499. The summed E-state index contributed by atoms with van der Waals surface area (Å²) in [7, 11) is 2.83. The van der Waals surface area contributed by atoms with Gasteiger partial charge in [0, 0.05) is 14.1 Å². The third kappa shape index (κ3) is 6.14. The highest BCUT2D eigenvalue weighted by atomic mass is 16.3. The Morgan fingerprint density at radius 1 is 1.13 bits per heavy atom. The van der Waals surface area contributed by atoms with E-state index in [1.165, 1.54) is 19.0 Å². The average Bonchev–Trinajstić information content (AvgIpc) is 2.74. The molecule has 0 saturated carbocycles. The number of amides is 4. The molecule has 0 aliphatic carbocycles. The molecule has 0 bridgehead atoms. The number of benzene rings is 1. The molecule has 1 aromatic rings. The molecule has 1 heterocycles. The van der Waals surface area contributed by atoms with Crippen molar-refractivity contribution in [2.45, 2.75) is 32.4 Å². The average molecular weight is 431 g/mol. The summed E-state index contributed by atoms with van der Waals surface area (Å²) in [5.41, 5.74) is 0.751. The minimum Gasteiger partial charge on any atom is -0.394 e. The van der Waals surface area contributed by atoms with Crippen LogP contribution in [0, 0.1) is 5.92 Å². The number of aliphatic hydroxyl groups excluding tert-OH is 1. The Bertz CT molecular complexity index is 853. The van der Waals surface area contributed by atoms with Crippen molar-refractivity contribution in [3.8, 4) is 0 Å². The molecule has 9 heteroatoms. The van der Waals surface area contributed by atoms with Crippen LogP contribution in [-0.2, 0) is 19.2 Å². The predicted molar refractivity (Wildman–Crippen MR) is 115 cm³/mol. The monoisotopic (exact) mass is 430 g/mol. The summed E-state index contributed by atoms with van der Waals surface area (Å²) in [6.07, 6.45) is 1.88. The Morgan fingerprint density at radius 2 is 1.77 bits per heavy atom. The molecule has 4 amide bonds. The van der Waals surface area contributed by atoms with E-state index < -0.39 is 42.3 Å². The van der Waals surface area contributed by atoms with Crippen LogP contribution in [0.25, 0.3) is 6.08 Å². The second kappa shape index (κ2) is 10.7. The molecule has 2 rings (SSSR count). The zero-order valence-electron chi connectivity index (χ0n) is 18.3. The number of nitrogens with zero attached hydrogens (tertiary/aromatic N) is 2. The van der Waals surface area contributed by atoms with Crippen LogP contribution in [0.2, 0.25) is 0 Å². The fourth-order valence-electron chi connectivity index (χ4n) is 3.26. The maximum absolute atomic E-state index is 13.3. The van der Waals surface area contributed by atoms with Gasteiger partial charge in [0.2, 0.25) is 17.7 Å². The smallest absolute Gasteiger partial charge is 0.268 e. The summed E-state index contributed by atoms with van der Waals surface area (Å²) >= 11 is 0. The van der Waals surface area contributed by atoms with E-state index in [1.807, 2.05) is 19.9 Å². The highest BCUT2D eigenvalue weighted by Crippen LogP contribution is 2.15. The second-order valence-electron chi connectivity index (χ2n) is 7.91. The molecule has 31 heavy (non-hydrogen) atoms. The topological polar surface area (TPSA) is 119 Å². The van der Waals surface area contributed by atoms with Crippen molar-refractivity contribution in [2.75, 3.05) is 27.2 Å². The summed E-state index contributed by atoms with van der Waals surface area (Å²) in [6.45, 7) is 2.81. The lowest BCUT2D eigenvalue weighted by atomic mass is 10.0. The molecule has 1 saturated heterocycles. The molecule has 3 N–H and O–H groups in total. The lowest BCUT2D eigenvalue weighted by Crippen LogP contribution is -2.58. The van der Waals surface area contributed by atoms with Crippen molar-refractivity contribution < 1.29 is 24.3 Å². The molecule has 1 aromatic carbocycles. The van der Waals surface area contributed by atoms with Gasteiger partial charge in [-0.1, -0.05) is 44.2 Å². The molecular formula is C22H30N4O5. The number of likely N-dealkylation sites (N-methyl/N-ethyl adjacent to an activating group) is 2. The van der Waals surface area contributed by atoms with E-state index in [4.69, 9.17) is 0 Å². The normalized spacial score (nSPS) is 22.8. The lowest BCUT2D eigenvalue weighted by molar-refractivity contribution is -0.143. The van der Waals surface area contributed by atoms with Gasteiger partial charge in [-0.05, 0) is 24.0 Å². The Kier molecular flexibility index (Phi) is 8.32. The molecule has 168 valence electrons. The predicted octanol–water partition coefficient (Wildman–Crippen LogP) is -0.0341. The van der Waals surface area contributed by atoms with Crippen LogP contribution in [0.4, 0.5) is 0 Å². The van der Waals surface area contributed by atoms with E-state index in [9.17, 15) is 24.3 Å². The van der Waals surface area contributed by atoms with Gasteiger partial charge in [0.05, 0.1) is 13.2 Å². The molecule has 2 atom stereocenters. The van der Waals surface area contributed by atoms with E-state index in [-0.39, 0.29) is 18.2 Å². The van der Waals surface area contributed by atoms with Crippen molar-refractivity contribution in [1.29, 1.82) is 0 Å². The molecule has 1 aliphatic rings. The molecule has 1 fully saturated rings. The minimum atomic E-state index is -1.17. The summed E-state index contributed by atoms with van der Waals surface area (Å²) in [5.74, 6) is -2.18. The SMILES string of the molecule is CC(C)C[C@@H]1NC(=O)[C@H](CO)N(C)C(=O)CNC(=O)/C(=C/c2ccccc2)N(C)C1=O. The van der Waals surface area contributed by atoms with Crippen LogP contribution in [-0.4, -0.2) is 77.9 Å². The fraction of sp³-hybridized carbons (Fsp3) is 0.455. The molecular weight excluding hydrogens is 400 g/mol. The van der Waals surface area contributed by atoms with Gasteiger partial charge in [0.1, 0.15) is 17.8 Å². The van der Waals surface area contributed by atoms with Crippen molar-refractivity contribution in [1.82, 2.24) is 20.4 Å². The van der Waals surface area contributed by atoms with E-state index >= 15 is 0 Å². The van der Waals surface area contributed by atoms with E-state index in [0.717, 1.165) is 4.90 Å². The van der Waals surface area contributed by atoms with Gasteiger partial charge in [0.15, 0.2) is 0 Å². The Hall–Kier alpha value is -3.20. The van der Waals surface area contributed by atoms with Crippen LogP contribution in [0.3, 0.4) is 0 Å². The third-order valence-corrected chi connectivity index (χ3v) is 5.09. The molecule has 1 aliphatic heterocycles. The molecule has 0 spiro atoms. The summed E-state index contributed by atoms with van der Waals surface area (Å²) in [6, 6.07) is 6.91. The lowest BCUT2D eigenvalue weighted by Gasteiger charge is -2.32. The number of aliphatic hydroxyl groups is 1. The van der Waals surface area contributed by atoms with Crippen molar-refractivity contribution in [3.05, 3.63) is 41.6 Å². The molecule has 0 aromatic heterocycles. The first-order valence-electron chi connectivity index (χ1n) is 10.1. The van der Waals surface area contributed by atoms with E-state index in [1.54, 1.807) is 30.3 Å². The quantitative estimate of drug-likeness (QED) is 0.580. The molecule has 0 radical (unpaired) electrons. The van der Waals surface area contributed by atoms with Gasteiger partial charge in [-0.2, -0.15) is 0 Å². The van der Waals surface area contributed by atoms with Gasteiger partial charge in [-0.25, -0.2) is 0 Å². The van der Waals surface area contributed by atoms with Gasteiger partial charge in [-0.3, -0.25) is 19.2 Å². The first-order chi connectivity index (χ1) is 14.6. The van der Waals surface area contributed by atoms with Crippen LogP contribution in [0.1, 0.15) is 25.8 Å².